The minimum atomic E-state index is -0.579. The third-order valence-electron chi connectivity index (χ3n) is 2.72. The number of para-hydroxylation sites is 1. The number of nitro groups is 1. The summed E-state index contributed by atoms with van der Waals surface area (Å²) in [7, 11) is 0. The van der Waals surface area contributed by atoms with Crippen molar-refractivity contribution >= 4 is 11.8 Å². The Bertz CT molecular complexity index is 799. The zero-order chi connectivity index (χ0) is 15.9. The highest BCUT2D eigenvalue weighted by molar-refractivity contribution is 5.69. The van der Waals surface area contributed by atoms with Gasteiger partial charge in [0.1, 0.15) is 29.2 Å². The van der Waals surface area contributed by atoms with E-state index in [0.717, 1.165) is 6.08 Å². The number of nitrogens with zero attached hydrogens (tertiary/aromatic N) is 3. The van der Waals surface area contributed by atoms with E-state index in [1.807, 2.05) is 6.07 Å². The van der Waals surface area contributed by atoms with Crippen molar-refractivity contribution in [2.75, 3.05) is 0 Å². The number of rotatable bonds is 4. The molecular weight excluding hydrogens is 282 g/mol. The molecule has 0 saturated heterocycles. The average molecular weight is 291 g/mol. The molecule has 6 heteroatoms. The fourth-order valence-corrected chi connectivity index (χ4v) is 1.75. The monoisotopic (exact) mass is 291 g/mol. The van der Waals surface area contributed by atoms with Crippen LogP contribution in [0.1, 0.15) is 5.56 Å². The summed E-state index contributed by atoms with van der Waals surface area (Å²) in [5, 5.41) is 28.6. The molecule has 0 radical (unpaired) electrons. The van der Waals surface area contributed by atoms with Crippen LogP contribution in [0.2, 0.25) is 0 Å². The molecule has 0 atom stereocenters. The average Bonchev–Trinajstić information content (AvgIpc) is 2.53. The number of nitriles is 2. The maximum absolute atomic E-state index is 11.0. The lowest BCUT2D eigenvalue weighted by Crippen LogP contribution is -1.93. The summed E-state index contributed by atoms with van der Waals surface area (Å²) in [4.78, 5) is 10.4. The molecule has 0 saturated carbocycles. The Kier molecular flexibility index (Phi) is 4.49. The van der Waals surface area contributed by atoms with Gasteiger partial charge in [-0.15, -0.1) is 0 Å². The normalized spacial score (nSPS) is 9.18. The Morgan fingerprint density at radius 3 is 2.36 bits per heavy atom. The van der Waals surface area contributed by atoms with Crippen LogP contribution in [-0.2, 0) is 0 Å². The van der Waals surface area contributed by atoms with E-state index in [1.54, 1.807) is 36.4 Å². The first-order valence-electron chi connectivity index (χ1n) is 6.17. The van der Waals surface area contributed by atoms with E-state index in [4.69, 9.17) is 15.3 Å². The van der Waals surface area contributed by atoms with E-state index < -0.39 is 4.92 Å². The molecule has 0 aliphatic heterocycles. The summed E-state index contributed by atoms with van der Waals surface area (Å²) >= 11 is 0. The van der Waals surface area contributed by atoms with Gasteiger partial charge in [-0.1, -0.05) is 18.2 Å². The minimum absolute atomic E-state index is 0.136. The van der Waals surface area contributed by atoms with Gasteiger partial charge in [0, 0.05) is 6.07 Å². The molecule has 106 valence electrons. The number of nitro benzene ring substituents is 1. The van der Waals surface area contributed by atoms with Crippen molar-refractivity contribution in [3.8, 4) is 23.6 Å². The molecule has 0 spiro atoms. The van der Waals surface area contributed by atoms with Gasteiger partial charge in [-0.05, 0) is 30.3 Å². The van der Waals surface area contributed by atoms with Crippen molar-refractivity contribution in [3.05, 3.63) is 69.8 Å². The molecule has 2 rings (SSSR count). The van der Waals surface area contributed by atoms with Crippen molar-refractivity contribution in [3.63, 3.8) is 0 Å². The van der Waals surface area contributed by atoms with Crippen LogP contribution in [-0.4, -0.2) is 4.92 Å². The molecule has 0 fully saturated rings. The number of benzene rings is 2. The second-order valence-electron chi connectivity index (χ2n) is 4.17. The van der Waals surface area contributed by atoms with Crippen LogP contribution in [0.3, 0.4) is 0 Å². The molecule has 0 amide bonds. The minimum Gasteiger partial charge on any atom is -0.457 e. The van der Waals surface area contributed by atoms with Crippen molar-refractivity contribution in [2.24, 2.45) is 0 Å². The van der Waals surface area contributed by atoms with E-state index >= 15 is 0 Å². The molecule has 0 N–H and O–H groups in total. The summed E-state index contributed by atoms with van der Waals surface area (Å²) < 4.78 is 5.58. The standard InChI is InChI=1S/C16H9N3O3/c17-10-12(11-18)8-13-9-15(6-7-16(13)19(20)21)22-14-4-2-1-3-5-14/h1-9H. The molecule has 0 aromatic heterocycles. The van der Waals surface area contributed by atoms with E-state index in [2.05, 4.69) is 0 Å². The van der Waals surface area contributed by atoms with E-state index in [-0.39, 0.29) is 16.8 Å². The largest absolute Gasteiger partial charge is 0.457 e. The molecule has 6 nitrogen and oxygen atoms in total. The van der Waals surface area contributed by atoms with Gasteiger partial charge in [0.25, 0.3) is 5.69 Å². The molecule has 2 aromatic carbocycles. The first-order chi connectivity index (χ1) is 10.6. The van der Waals surface area contributed by atoms with Gasteiger partial charge in [0.15, 0.2) is 0 Å². The Hall–Kier alpha value is -3.64. The van der Waals surface area contributed by atoms with E-state index in [0.29, 0.717) is 11.5 Å². The summed E-state index contributed by atoms with van der Waals surface area (Å²) in [5.74, 6) is 0.949. The van der Waals surface area contributed by atoms with Crippen molar-refractivity contribution in [1.29, 1.82) is 10.5 Å². The summed E-state index contributed by atoms with van der Waals surface area (Å²) in [6, 6.07) is 16.4. The predicted molar refractivity (Wildman–Crippen MR) is 78.8 cm³/mol. The van der Waals surface area contributed by atoms with Gasteiger partial charge < -0.3 is 4.74 Å². The molecule has 0 heterocycles. The number of hydrogen-bond donors (Lipinski definition) is 0. The second-order valence-corrected chi connectivity index (χ2v) is 4.17. The molecule has 0 aliphatic rings. The molecule has 0 aliphatic carbocycles. The van der Waals surface area contributed by atoms with Crippen molar-refractivity contribution in [1.82, 2.24) is 0 Å². The maximum Gasteiger partial charge on any atom is 0.276 e. The molecular formula is C16H9N3O3. The highest BCUT2D eigenvalue weighted by Gasteiger charge is 2.14. The van der Waals surface area contributed by atoms with Gasteiger partial charge in [0.2, 0.25) is 0 Å². The Labute approximate surface area is 126 Å². The zero-order valence-corrected chi connectivity index (χ0v) is 11.3. The van der Waals surface area contributed by atoms with Crippen LogP contribution in [0, 0.1) is 32.8 Å². The molecule has 22 heavy (non-hydrogen) atoms. The van der Waals surface area contributed by atoms with Crippen molar-refractivity contribution < 1.29 is 9.66 Å². The topological polar surface area (TPSA) is 100.0 Å². The summed E-state index contributed by atoms with van der Waals surface area (Å²) in [6.45, 7) is 0. The number of allylic oxidation sites excluding steroid dienone is 1. The molecule has 2 aromatic rings. The van der Waals surface area contributed by atoms with Gasteiger partial charge in [0.05, 0.1) is 10.5 Å². The second kappa shape index (κ2) is 6.69. The lowest BCUT2D eigenvalue weighted by Gasteiger charge is -2.06. The SMILES string of the molecule is N#CC(C#N)=Cc1cc(Oc2ccccc2)ccc1[N+](=O)[O-]. The van der Waals surface area contributed by atoms with Crippen LogP contribution in [0.15, 0.2) is 54.1 Å². The highest BCUT2D eigenvalue weighted by Crippen LogP contribution is 2.29. The van der Waals surface area contributed by atoms with Crippen LogP contribution in [0.5, 0.6) is 11.5 Å². The fraction of sp³-hybridized carbons (Fsp3) is 0. The van der Waals surface area contributed by atoms with E-state index in [9.17, 15) is 10.1 Å². The third-order valence-corrected chi connectivity index (χ3v) is 2.72. The van der Waals surface area contributed by atoms with Crippen molar-refractivity contribution in [2.45, 2.75) is 0 Å². The van der Waals surface area contributed by atoms with Gasteiger partial charge in [-0.3, -0.25) is 10.1 Å². The lowest BCUT2D eigenvalue weighted by atomic mass is 10.1. The fourth-order valence-electron chi connectivity index (χ4n) is 1.75. The third kappa shape index (κ3) is 3.47. The van der Waals surface area contributed by atoms with Gasteiger partial charge in [-0.25, -0.2) is 0 Å². The summed E-state index contributed by atoms with van der Waals surface area (Å²) in [6.07, 6.45) is 1.16. The predicted octanol–water partition coefficient (Wildman–Crippen LogP) is 3.82. The Morgan fingerprint density at radius 2 is 1.77 bits per heavy atom. The quantitative estimate of drug-likeness (QED) is 0.484. The first-order valence-corrected chi connectivity index (χ1v) is 6.17. The zero-order valence-electron chi connectivity index (χ0n) is 11.3. The Morgan fingerprint density at radius 1 is 1.09 bits per heavy atom. The number of hydrogen-bond acceptors (Lipinski definition) is 5. The van der Waals surface area contributed by atoms with Crippen LogP contribution in [0.4, 0.5) is 5.69 Å². The van der Waals surface area contributed by atoms with Crippen LogP contribution >= 0.6 is 0 Å². The van der Waals surface area contributed by atoms with Crippen LogP contribution < -0.4 is 4.74 Å². The van der Waals surface area contributed by atoms with Gasteiger partial charge in [-0.2, -0.15) is 10.5 Å². The smallest absolute Gasteiger partial charge is 0.276 e. The number of ether oxygens (including phenoxy) is 1. The Balaban J connectivity index is 2.44. The summed E-state index contributed by atoms with van der Waals surface area (Å²) in [5.41, 5.74) is -0.292. The van der Waals surface area contributed by atoms with Crippen LogP contribution in [0.25, 0.3) is 6.08 Å². The maximum atomic E-state index is 11.0. The van der Waals surface area contributed by atoms with E-state index in [1.165, 1.54) is 18.2 Å². The lowest BCUT2D eigenvalue weighted by molar-refractivity contribution is -0.385. The van der Waals surface area contributed by atoms with Gasteiger partial charge >= 0.3 is 0 Å². The molecule has 0 unspecified atom stereocenters. The molecule has 0 bridgehead atoms. The first kappa shape index (κ1) is 14.8. The highest BCUT2D eigenvalue weighted by atomic mass is 16.6.